The van der Waals surface area contributed by atoms with E-state index in [1.165, 1.54) is 0 Å². The second-order valence-corrected chi connectivity index (χ2v) is 1.71. The van der Waals surface area contributed by atoms with Gasteiger partial charge in [0.25, 0.3) is 0 Å². The van der Waals surface area contributed by atoms with Crippen molar-refractivity contribution in [1.82, 2.24) is 0 Å². The molecule has 40 valence electrons. The zero-order valence-corrected chi connectivity index (χ0v) is 5.59. The van der Waals surface area contributed by atoms with Crippen molar-refractivity contribution in [1.29, 1.82) is 0 Å². The standard InChI is InChI=1S/C4H6ClNS/c1-4(2-5)6-3-7/h4H,2H2,1H3. The van der Waals surface area contributed by atoms with Gasteiger partial charge in [0.15, 0.2) is 0 Å². The summed E-state index contributed by atoms with van der Waals surface area (Å²) in [6.45, 7) is 1.88. The van der Waals surface area contributed by atoms with Crippen LogP contribution in [0.2, 0.25) is 0 Å². The first-order valence-corrected chi connectivity index (χ1v) is 2.88. The van der Waals surface area contributed by atoms with Gasteiger partial charge < -0.3 is 0 Å². The van der Waals surface area contributed by atoms with Gasteiger partial charge in [0.2, 0.25) is 0 Å². The van der Waals surface area contributed by atoms with Gasteiger partial charge in [-0.25, -0.2) is 4.99 Å². The molecule has 0 heterocycles. The molecule has 0 aliphatic rings. The summed E-state index contributed by atoms with van der Waals surface area (Å²) in [7, 11) is 0. The van der Waals surface area contributed by atoms with E-state index in [1.807, 2.05) is 6.92 Å². The number of hydrogen-bond donors (Lipinski definition) is 0. The van der Waals surface area contributed by atoms with E-state index < -0.39 is 0 Å². The third kappa shape index (κ3) is 3.93. The predicted molar refractivity (Wildman–Crippen MR) is 35.2 cm³/mol. The third-order valence-corrected chi connectivity index (χ3v) is 1.05. The molecule has 0 aromatic carbocycles. The van der Waals surface area contributed by atoms with E-state index in [0.29, 0.717) is 5.88 Å². The topological polar surface area (TPSA) is 12.4 Å². The summed E-state index contributed by atoms with van der Waals surface area (Å²) in [5.74, 6) is 0.518. The highest BCUT2D eigenvalue weighted by Crippen LogP contribution is 1.88. The second-order valence-electron chi connectivity index (χ2n) is 1.22. The van der Waals surface area contributed by atoms with Gasteiger partial charge in [-0.05, 0) is 19.1 Å². The lowest BCUT2D eigenvalue weighted by Crippen LogP contribution is -1.96. The molecule has 1 nitrogen and oxygen atoms in total. The molecule has 0 amide bonds. The number of rotatable bonds is 2. The molecule has 7 heavy (non-hydrogen) atoms. The molecule has 1 unspecified atom stereocenters. The summed E-state index contributed by atoms with van der Waals surface area (Å²) in [5, 5.41) is 2.24. The van der Waals surface area contributed by atoms with Crippen LogP contribution in [0.3, 0.4) is 0 Å². The van der Waals surface area contributed by atoms with E-state index in [4.69, 9.17) is 11.6 Å². The van der Waals surface area contributed by atoms with Crippen LogP contribution in [0.5, 0.6) is 0 Å². The van der Waals surface area contributed by atoms with Crippen molar-refractivity contribution in [2.75, 3.05) is 5.88 Å². The highest BCUT2D eigenvalue weighted by Gasteiger charge is 1.89. The number of halogens is 1. The largest absolute Gasteiger partial charge is 0.228 e. The Morgan fingerprint density at radius 2 is 2.57 bits per heavy atom. The zero-order chi connectivity index (χ0) is 5.70. The highest BCUT2D eigenvalue weighted by atomic mass is 35.5. The molecule has 0 fully saturated rings. The first-order chi connectivity index (χ1) is 3.31. The van der Waals surface area contributed by atoms with E-state index in [1.54, 1.807) is 0 Å². The van der Waals surface area contributed by atoms with Crippen molar-refractivity contribution in [3.8, 4) is 0 Å². The molecular formula is C4H6ClNS. The summed E-state index contributed by atoms with van der Waals surface area (Å²) < 4.78 is 0. The average Bonchev–Trinajstić information content (AvgIpc) is 1.68. The Kier molecular flexibility index (Phi) is 4.31. The number of isothiocyanates is 1. The lowest BCUT2D eigenvalue weighted by molar-refractivity contribution is 0.852. The first-order valence-electron chi connectivity index (χ1n) is 1.94. The Balaban J connectivity index is 3.35. The predicted octanol–water partition coefficient (Wildman–Crippen LogP) is 1.72. The molecule has 0 aliphatic carbocycles. The Morgan fingerprint density at radius 3 is 2.71 bits per heavy atom. The highest BCUT2D eigenvalue weighted by molar-refractivity contribution is 7.78. The van der Waals surface area contributed by atoms with Crippen molar-refractivity contribution in [2.24, 2.45) is 4.99 Å². The monoisotopic (exact) mass is 135 g/mol. The second kappa shape index (κ2) is 4.25. The van der Waals surface area contributed by atoms with Crippen LogP contribution in [0.25, 0.3) is 0 Å². The molecule has 0 saturated carbocycles. The van der Waals surface area contributed by atoms with E-state index in [9.17, 15) is 0 Å². The maximum Gasteiger partial charge on any atom is 0.0709 e. The van der Waals surface area contributed by atoms with Gasteiger partial charge in [0.1, 0.15) is 0 Å². The zero-order valence-electron chi connectivity index (χ0n) is 4.02. The van der Waals surface area contributed by atoms with Crippen molar-refractivity contribution < 1.29 is 0 Å². The summed E-state index contributed by atoms with van der Waals surface area (Å²) in [4.78, 5) is 3.68. The molecule has 0 aliphatic heterocycles. The van der Waals surface area contributed by atoms with Gasteiger partial charge in [-0.15, -0.1) is 11.6 Å². The number of hydrogen-bond acceptors (Lipinski definition) is 2. The molecule has 0 N–H and O–H groups in total. The summed E-state index contributed by atoms with van der Waals surface area (Å²) in [6, 6.07) is 0.124. The Labute approximate surface area is 53.4 Å². The van der Waals surface area contributed by atoms with Gasteiger partial charge in [-0.2, -0.15) is 0 Å². The van der Waals surface area contributed by atoms with Gasteiger partial charge in [-0.3, -0.25) is 0 Å². The van der Waals surface area contributed by atoms with Crippen molar-refractivity contribution in [3.05, 3.63) is 0 Å². The lowest BCUT2D eigenvalue weighted by atomic mass is 10.4. The van der Waals surface area contributed by atoms with E-state index in [2.05, 4.69) is 22.4 Å². The average molecular weight is 136 g/mol. The third-order valence-electron chi connectivity index (χ3n) is 0.496. The van der Waals surface area contributed by atoms with Crippen molar-refractivity contribution in [2.45, 2.75) is 13.0 Å². The van der Waals surface area contributed by atoms with Crippen LogP contribution in [0.15, 0.2) is 4.99 Å². The quantitative estimate of drug-likeness (QED) is 0.319. The first kappa shape index (κ1) is 7.09. The fraction of sp³-hybridized carbons (Fsp3) is 0.750. The molecule has 0 bridgehead atoms. The fourth-order valence-corrected chi connectivity index (χ4v) is 0.373. The minimum absolute atomic E-state index is 0.124. The SMILES string of the molecule is CC(CCl)N=C=S. The Hall–Kier alpha value is 0.0900. The Morgan fingerprint density at radius 1 is 2.00 bits per heavy atom. The molecule has 3 heteroatoms. The van der Waals surface area contributed by atoms with Crippen LogP contribution in [0, 0.1) is 0 Å². The summed E-state index contributed by atoms with van der Waals surface area (Å²) in [5.41, 5.74) is 0. The minimum Gasteiger partial charge on any atom is -0.228 e. The van der Waals surface area contributed by atoms with Crippen LogP contribution in [0.1, 0.15) is 6.92 Å². The van der Waals surface area contributed by atoms with Gasteiger partial charge in [0, 0.05) is 5.88 Å². The van der Waals surface area contributed by atoms with E-state index >= 15 is 0 Å². The molecule has 1 atom stereocenters. The number of thiocarbonyl (C=S) groups is 1. The Bertz CT molecular complexity index is 87.7. The van der Waals surface area contributed by atoms with E-state index in [0.717, 1.165) is 0 Å². The molecular weight excluding hydrogens is 130 g/mol. The lowest BCUT2D eigenvalue weighted by Gasteiger charge is -1.91. The number of nitrogens with zero attached hydrogens (tertiary/aromatic N) is 1. The van der Waals surface area contributed by atoms with Gasteiger partial charge >= 0.3 is 0 Å². The van der Waals surface area contributed by atoms with Crippen molar-refractivity contribution in [3.63, 3.8) is 0 Å². The molecule has 0 aromatic rings. The maximum atomic E-state index is 5.35. The van der Waals surface area contributed by atoms with Crippen molar-refractivity contribution >= 4 is 29.0 Å². The van der Waals surface area contributed by atoms with Crippen LogP contribution in [0.4, 0.5) is 0 Å². The smallest absolute Gasteiger partial charge is 0.0709 e. The maximum absolute atomic E-state index is 5.35. The van der Waals surface area contributed by atoms with Crippen LogP contribution < -0.4 is 0 Å². The molecule has 0 spiro atoms. The van der Waals surface area contributed by atoms with Crippen LogP contribution in [-0.2, 0) is 0 Å². The molecule has 0 radical (unpaired) electrons. The number of aliphatic imine (C=N–C) groups is 1. The van der Waals surface area contributed by atoms with Gasteiger partial charge in [0.05, 0.1) is 11.2 Å². The molecule has 0 saturated heterocycles. The molecule has 0 rings (SSSR count). The number of alkyl halides is 1. The van der Waals surface area contributed by atoms with E-state index in [-0.39, 0.29) is 6.04 Å². The van der Waals surface area contributed by atoms with Gasteiger partial charge in [-0.1, -0.05) is 0 Å². The normalized spacial score (nSPS) is 12.3. The summed E-state index contributed by atoms with van der Waals surface area (Å²) in [6.07, 6.45) is 0. The van der Waals surface area contributed by atoms with Crippen LogP contribution >= 0.6 is 23.8 Å². The minimum atomic E-state index is 0.124. The van der Waals surface area contributed by atoms with Crippen LogP contribution in [-0.4, -0.2) is 17.1 Å². The molecule has 0 aromatic heterocycles. The fourth-order valence-electron chi connectivity index (χ4n) is 0.124. The summed E-state index contributed by atoms with van der Waals surface area (Å²) >= 11 is 9.67.